The van der Waals surface area contributed by atoms with Crippen molar-refractivity contribution in [2.45, 2.75) is 78.6 Å². The van der Waals surface area contributed by atoms with Gasteiger partial charge in [0.05, 0.1) is 31.0 Å². The normalized spacial score (nSPS) is 15.7. The van der Waals surface area contributed by atoms with Gasteiger partial charge in [-0.1, -0.05) is 78.6 Å². The third kappa shape index (κ3) is 5.61. The molecule has 0 spiro atoms. The van der Waals surface area contributed by atoms with Gasteiger partial charge in [-0.2, -0.15) is 0 Å². The summed E-state index contributed by atoms with van der Waals surface area (Å²) in [5.74, 6) is 0. The minimum atomic E-state index is -0.980. The van der Waals surface area contributed by atoms with E-state index >= 15 is 0 Å². The summed E-state index contributed by atoms with van der Waals surface area (Å²) in [4.78, 5) is 0. The molecule has 0 saturated carbocycles. The molecule has 0 aliphatic carbocycles. The topological polar surface area (TPSA) is 0 Å². The second-order valence-corrected chi connectivity index (χ2v) is 59.0. The zero-order valence-electron chi connectivity index (χ0n) is 14.9. The average molecular weight is 355 g/mol. The van der Waals surface area contributed by atoms with Gasteiger partial charge in [-0.25, -0.2) is 0 Å². The third-order valence-electron chi connectivity index (χ3n) is 2.74. The van der Waals surface area contributed by atoms with Gasteiger partial charge in [0.1, 0.15) is 0 Å². The van der Waals surface area contributed by atoms with Crippen molar-refractivity contribution < 1.29 is 0 Å². The number of rotatable bonds is 5. The summed E-state index contributed by atoms with van der Waals surface area (Å²) in [6.07, 6.45) is 0. The smallest absolute Gasteiger partial charge is 0.0719 e. The van der Waals surface area contributed by atoms with Crippen LogP contribution in [0.4, 0.5) is 0 Å². The summed E-state index contributed by atoms with van der Waals surface area (Å²) >= 11 is 0. The highest BCUT2D eigenvalue weighted by Gasteiger charge is 2.50. The Morgan fingerprint density at radius 1 is 0.333 bits per heavy atom. The zero-order valence-corrected chi connectivity index (χ0v) is 20.7. The Hall–Kier alpha value is 1.73. The molecule has 0 amide bonds. The molecule has 0 fully saturated rings. The van der Waals surface area contributed by atoms with Gasteiger partial charge < -0.3 is 0 Å². The molecule has 0 N–H and O–H groups in total. The highest BCUT2D eigenvalue weighted by Crippen LogP contribution is 2.84. The monoisotopic (exact) mass is 354 g/mol. The lowest BCUT2D eigenvalue weighted by Gasteiger charge is -2.54. The quantitative estimate of drug-likeness (QED) is 0.361. The Kier molecular flexibility index (Phi) is 6.41. The highest BCUT2D eigenvalue weighted by molar-refractivity contribution is 8.73. The van der Waals surface area contributed by atoms with Crippen molar-refractivity contribution in [1.29, 1.82) is 0 Å². The predicted octanol–water partition coefficient (Wildman–Crippen LogP) is 7.20. The van der Waals surface area contributed by atoms with Crippen LogP contribution in [0.5, 0.6) is 0 Å². The molecule has 18 heavy (non-hydrogen) atoms. The molecule has 0 bridgehead atoms. The molecule has 0 unspecified atom stereocenters. The SMILES string of the molecule is C[Si](C)(C)P(P([Si](C)(C)C)[Si](C)(C)C)[Si](C)(C)C. The van der Waals surface area contributed by atoms with Gasteiger partial charge in [-0.15, -0.1) is 13.4 Å². The van der Waals surface area contributed by atoms with E-state index < -0.39 is 31.0 Å². The molecule has 0 aromatic carbocycles. The van der Waals surface area contributed by atoms with Crippen molar-refractivity contribution in [3.63, 3.8) is 0 Å². The van der Waals surface area contributed by atoms with E-state index in [1.165, 1.54) is 0 Å². The molecule has 0 nitrogen and oxygen atoms in total. The molecule has 0 atom stereocenters. The van der Waals surface area contributed by atoms with Crippen LogP contribution in [0.3, 0.4) is 0 Å². The highest BCUT2D eigenvalue weighted by atomic mass is 32.4. The fraction of sp³-hybridized carbons (Fsp3) is 1.00. The van der Waals surface area contributed by atoms with Crippen LogP contribution < -0.4 is 0 Å². The summed E-state index contributed by atoms with van der Waals surface area (Å²) < 4.78 is 0. The van der Waals surface area contributed by atoms with E-state index in [-0.39, 0.29) is 0 Å². The molecule has 0 aliphatic rings. The molecular weight excluding hydrogens is 318 g/mol. The van der Waals surface area contributed by atoms with Crippen LogP contribution in [0.25, 0.3) is 0 Å². The second kappa shape index (κ2) is 5.85. The van der Waals surface area contributed by atoms with E-state index in [9.17, 15) is 0 Å². The first kappa shape index (κ1) is 19.7. The maximum atomic E-state index is 2.67. The van der Waals surface area contributed by atoms with E-state index in [0.29, 0.717) is 13.4 Å². The minimum absolute atomic E-state index is 0.384. The summed E-state index contributed by atoms with van der Waals surface area (Å²) in [5, 5.41) is 0. The maximum absolute atomic E-state index is 2.67. The van der Waals surface area contributed by atoms with Crippen molar-refractivity contribution in [3.8, 4) is 0 Å². The van der Waals surface area contributed by atoms with Gasteiger partial charge in [0.25, 0.3) is 0 Å². The summed E-state index contributed by atoms with van der Waals surface area (Å²) in [7, 11) is -3.92. The molecule has 0 radical (unpaired) electrons. The first-order chi connectivity index (χ1) is 7.49. The van der Waals surface area contributed by atoms with E-state index in [1.54, 1.807) is 0 Å². The van der Waals surface area contributed by atoms with Crippen LogP contribution in [0, 0.1) is 0 Å². The largest absolute Gasteiger partial charge is 0.113 e. The lowest BCUT2D eigenvalue weighted by atomic mass is 11.8. The van der Waals surface area contributed by atoms with Gasteiger partial charge in [-0.05, 0) is 0 Å². The molecule has 0 aromatic heterocycles. The van der Waals surface area contributed by atoms with Gasteiger partial charge in [0.2, 0.25) is 0 Å². The molecule has 0 heterocycles. The second-order valence-electron chi connectivity index (χ2n) is 9.31. The van der Waals surface area contributed by atoms with Crippen LogP contribution in [0.2, 0.25) is 78.6 Å². The van der Waals surface area contributed by atoms with Crippen molar-refractivity contribution in [2.24, 2.45) is 0 Å². The Morgan fingerprint density at radius 3 is 0.500 bits per heavy atom. The van der Waals surface area contributed by atoms with E-state index in [4.69, 9.17) is 0 Å². The van der Waals surface area contributed by atoms with Crippen molar-refractivity contribution in [2.75, 3.05) is 0 Å². The van der Waals surface area contributed by atoms with E-state index in [2.05, 4.69) is 78.6 Å². The van der Waals surface area contributed by atoms with Crippen LogP contribution in [-0.2, 0) is 0 Å². The Morgan fingerprint density at radius 2 is 0.444 bits per heavy atom. The average Bonchev–Trinajstić information content (AvgIpc) is 1.89. The van der Waals surface area contributed by atoms with Crippen LogP contribution in [0.15, 0.2) is 0 Å². The van der Waals surface area contributed by atoms with Crippen LogP contribution in [-0.4, -0.2) is 31.0 Å². The van der Waals surface area contributed by atoms with Gasteiger partial charge in [0, 0.05) is 0 Å². The van der Waals surface area contributed by atoms with Gasteiger partial charge >= 0.3 is 0 Å². The fourth-order valence-corrected chi connectivity index (χ4v) is 152. The Labute approximate surface area is 123 Å². The van der Waals surface area contributed by atoms with E-state index in [0.717, 1.165) is 0 Å². The summed E-state index contributed by atoms with van der Waals surface area (Å²) in [6.45, 7) is 32.8. The number of hydrogen-bond donors (Lipinski definition) is 0. The molecule has 110 valence electrons. The molecule has 0 aliphatic heterocycles. The predicted molar refractivity (Wildman–Crippen MR) is 107 cm³/mol. The van der Waals surface area contributed by atoms with Crippen LogP contribution >= 0.6 is 13.4 Å². The Balaban J connectivity index is 5.84. The summed E-state index contributed by atoms with van der Waals surface area (Å²) in [6, 6.07) is 0. The summed E-state index contributed by atoms with van der Waals surface area (Å²) in [5.41, 5.74) is 0. The van der Waals surface area contributed by atoms with Crippen molar-refractivity contribution >= 4 is 44.4 Å². The lowest BCUT2D eigenvalue weighted by Crippen LogP contribution is -2.41. The van der Waals surface area contributed by atoms with Crippen LogP contribution in [0.1, 0.15) is 0 Å². The first-order valence-corrected chi connectivity index (χ1v) is 27.8. The molecule has 0 rings (SSSR count). The third-order valence-corrected chi connectivity index (χ3v) is 84.8. The van der Waals surface area contributed by atoms with Crippen molar-refractivity contribution in [1.82, 2.24) is 0 Å². The zero-order chi connectivity index (χ0) is 15.2. The molecule has 0 aromatic rings. The van der Waals surface area contributed by atoms with Gasteiger partial charge in [-0.3, -0.25) is 0 Å². The fourth-order valence-electron chi connectivity index (χ4n) is 3.21. The molecular formula is C12H36P2Si4. The lowest BCUT2D eigenvalue weighted by molar-refractivity contribution is 1.82. The molecule has 0 saturated heterocycles. The first-order valence-electron chi connectivity index (χ1n) is 7.09. The Bertz CT molecular complexity index is 220. The van der Waals surface area contributed by atoms with E-state index in [1.807, 2.05) is 0 Å². The maximum Gasteiger partial charge on any atom is 0.0719 e. The number of hydrogen-bond acceptors (Lipinski definition) is 0. The molecule has 6 heteroatoms. The van der Waals surface area contributed by atoms with Gasteiger partial charge in [0.15, 0.2) is 0 Å². The minimum Gasteiger partial charge on any atom is -0.113 e. The van der Waals surface area contributed by atoms with Crippen molar-refractivity contribution in [3.05, 3.63) is 0 Å². The standard InChI is InChI=1S/C12H36P2Si4/c1-15(2,3)13(16(4,5)6)14(17(7,8)9)18(10,11)12/h1-12H3.